The van der Waals surface area contributed by atoms with Gasteiger partial charge >= 0.3 is 0 Å². The molecule has 0 spiro atoms. The Balaban J connectivity index is 1.82. The van der Waals surface area contributed by atoms with Crippen LogP contribution < -0.4 is 0 Å². The number of hydrogen-bond donors (Lipinski definition) is 1. The third kappa shape index (κ3) is 3.21. The number of aromatic nitrogens is 3. The van der Waals surface area contributed by atoms with E-state index < -0.39 is 0 Å². The first kappa shape index (κ1) is 18.3. The van der Waals surface area contributed by atoms with Crippen LogP contribution in [-0.2, 0) is 0 Å². The lowest BCUT2D eigenvalue weighted by Gasteiger charge is -2.12. The van der Waals surface area contributed by atoms with E-state index >= 15 is 0 Å². The van der Waals surface area contributed by atoms with Crippen LogP contribution in [0.25, 0.3) is 44.7 Å². The van der Waals surface area contributed by atoms with Crippen molar-refractivity contribution in [3.8, 4) is 45.9 Å². The highest BCUT2D eigenvalue weighted by Gasteiger charge is 2.19. The van der Waals surface area contributed by atoms with Crippen molar-refractivity contribution in [1.29, 1.82) is 10.5 Å². The highest BCUT2D eigenvalue weighted by atomic mass is 14.8. The third-order valence-electron chi connectivity index (χ3n) is 5.22. The smallest absolute Gasteiger partial charge is 0.102 e. The molecule has 0 bridgehead atoms. The molecule has 5 heteroatoms. The summed E-state index contributed by atoms with van der Waals surface area (Å²) < 4.78 is 0. The summed E-state index contributed by atoms with van der Waals surface area (Å²) in [5, 5.41) is 20.2. The van der Waals surface area contributed by atoms with Crippen molar-refractivity contribution in [3.63, 3.8) is 0 Å². The molecule has 5 aromatic rings. The quantitative estimate of drug-likeness (QED) is 0.423. The number of aromatic amines is 1. The van der Waals surface area contributed by atoms with Crippen molar-refractivity contribution in [2.24, 2.45) is 0 Å². The lowest BCUT2D eigenvalue weighted by molar-refractivity contribution is 1.23. The summed E-state index contributed by atoms with van der Waals surface area (Å²) in [6.45, 7) is 0. The predicted octanol–water partition coefficient (Wildman–Crippen LogP) is 5.70. The fourth-order valence-electron chi connectivity index (χ4n) is 3.71. The minimum atomic E-state index is 0.484. The Kier molecular flexibility index (Phi) is 4.48. The van der Waals surface area contributed by atoms with Crippen LogP contribution in [0.1, 0.15) is 11.1 Å². The van der Waals surface area contributed by atoms with Crippen LogP contribution >= 0.6 is 0 Å². The molecule has 0 saturated carbocycles. The molecule has 0 fully saturated rings. The summed E-state index contributed by atoms with van der Waals surface area (Å²) in [5.41, 5.74) is 6.43. The van der Waals surface area contributed by atoms with Gasteiger partial charge in [0.1, 0.15) is 12.1 Å². The van der Waals surface area contributed by atoms with Crippen LogP contribution in [-0.4, -0.2) is 15.0 Å². The van der Waals surface area contributed by atoms with Gasteiger partial charge in [0, 0.05) is 34.4 Å². The molecular weight excluding hydrogens is 382 g/mol. The van der Waals surface area contributed by atoms with Gasteiger partial charge in [-0.15, -0.1) is 0 Å². The van der Waals surface area contributed by atoms with E-state index in [4.69, 9.17) is 10.2 Å². The van der Waals surface area contributed by atoms with E-state index in [2.05, 4.69) is 22.1 Å². The van der Waals surface area contributed by atoms with Gasteiger partial charge in [0.05, 0.1) is 28.2 Å². The number of hydrogen-bond acceptors (Lipinski definition) is 4. The number of fused-ring (bicyclic) bond motifs is 1. The second-order valence-electron chi connectivity index (χ2n) is 7.05. The van der Waals surface area contributed by atoms with Gasteiger partial charge in [0.2, 0.25) is 0 Å². The maximum Gasteiger partial charge on any atom is 0.102 e. The molecule has 2 aromatic carbocycles. The maximum atomic E-state index is 10.1. The first-order valence-electron chi connectivity index (χ1n) is 9.72. The summed E-state index contributed by atoms with van der Waals surface area (Å²) >= 11 is 0. The summed E-state index contributed by atoms with van der Waals surface area (Å²) in [6.07, 6.45) is 3.42. The van der Waals surface area contributed by atoms with E-state index in [0.717, 1.165) is 27.6 Å². The second kappa shape index (κ2) is 7.59. The van der Waals surface area contributed by atoms with Crippen molar-refractivity contribution in [3.05, 3.63) is 96.3 Å². The highest BCUT2D eigenvalue weighted by molar-refractivity contribution is 5.97. The molecule has 0 atom stereocenters. The Bertz CT molecular complexity index is 1480. The van der Waals surface area contributed by atoms with Gasteiger partial charge < -0.3 is 4.98 Å². The third-order valence-corrected chi connectivity index (χ3v) is 5.22. The van der Waals surface area contributed by atoms with Crippen LogP contribution in [0.3, 0.4) is 0 Å². The van der Waals surface area contributed by atoms with Gasteiger partial charge in [-0.05, 0) is 29.8 Å². The van der Waals surface area contributed by atoms with Gasteiger partial charge in [-0.3, -0.25) is 4.98 Å². The number of rotatable bonds is 3. The molecule has 0 radical (unpaired) electrons. The van der Waals surface area contributed by atoms with E-state index in [0.29, 0.717) is 28.2 Å². The SMILES string of the molecule is N#Cc1ccc(-c2cc(-c3ccccc3)c(C#N)c(-c3c[nH]c4ccccc34)n2)nc1. The average Bonchev–Trinajstić information content (AvgIpc) is 3.28. The fourth-order valence-corrected chi connectivity index (χ4v) is 3.71. The molecule has 0 unspecified atom stereocenters. The Hall–Kier alpha value is -4.74. The molecule has 0 aliphatic rings. The van der Waals surface area contributed by atoms with Crippen LogP contribution in [0.5, 0.6) is 0 Å². The monoisotopic (exact) mass is 397 g/mol. The molecule has 0 saturated heterocycles. The highest BCUT2D eigenvalue weighted by Crippen LogP contribution is 2.36. The molecule has 5 rings (SSSR count). The van der Waals surface area contributed by atoms with Gasteiger partial charge in [-0.1, -0.05) is 48.5 Å². The Morgan fingerprint density at radius 2 is 1.58 bits per heavy atom. The number of para-hydroxylation sites is 1. The largest absolute Gasteiger partial charge is 0.360 e. The van der Waals surface area contributed by atoms with Gasteiger partial charge in [-0.2, -0.15) is 10.5 Å². The van der Waals surface area contributed by atoms with Gasteiger partial charge in [0.15, 0.2) is 0 Å². The lowest BCUT2D eigenvalue weighted by Crippen LogP contribution is -1.98. The standard InChI is InChI=1S/C26H15N5/c27-13-17-10-11-24(29-15-17)25-12-20(18-6-2-1-3-7-18)21(14-28)26(31-25)22-16-30-23-9-5-4-8-19(22)23/h1-12,15-16,30H. The van der Waals surface area contributed by atoms with E-state index in [1.54, 1.807) is 12.1 Å². The fraction of sp³-hybridized carbons (Fsp3) is 0. The Morgan fingerprint density at radius 3 is 2.32 bits per heavy atom. The molecule has 31 heavy (non-hydrogen) atoms. The van der Waals surface area contributed by atoms with E-state index in [1.807, 2.05) is 66.9 Å². The topological polar surface area (TPSA) is 89.1 Å². The predicted molar refractivity (Wildman–Crippen MR) is 120 cm³/mol. The second-order valence-corrected chi connectivity index (χ2v) is 7.05. The summed E-state index contributed by atoms with van der Waals surface area (Å²) in [5.74, 6) is 0. The molecule has 1 N–H and O–H groups in total. The van der Waals surface area contributed by atoms with Crippen LogP contribution in [0.15, 0.2) is 85.2 Å². The molecular formula is C26H15N5. The van der Waals surface area contributed by atoms with Crippen molar-refractivity contribution in [2.45, 2.75) is 0 Å². The zero-order chi connectivity index (χ0) is 21.2. The Morgan fingerprint density at radius 1 is 0.774 bits per heavy atom. The molecule has 3 aromatic heterocycles. The summed E-state index contributed by atoms with van der Waals surface area (Å²) in [7, 11) is 0. The van der Waals surface area contributed by atoms with Crippen molar-refractivity contribution in [1.82, 2.24) is 15.0 Å². The minimum Gasteiger partial charge on any atom is -0.360 e. The number of pyridine rings is 2. The van der Waals surface area contributed by atoms with Crippen molar-refractivity contribution in [2.75, 3.05) is 0 Å². The zero-order valence-corrected chi connectivity index (χ0v) is 16.4. The number of nitriles is 2. The van der Waals surface area contributed by atoms with Crippen LogP contribution in [0, 0.1) is 22.7 Å². The number of benzene rings is 2. The van der Waals surface area contributed by atoms with Crippen molar-refractivity contribution >= 4 is 10.9 Å². The molecule has 3 heterocycles. The van der Waals surface area contributed by atoms with E-state index in [1.165, 1.54) is 6.20 Å². The molecule has 0 aliphatic carbocycles. The van der Waals surface area contributed by atoms with Crippen LogP contribution in [0.2, 0.25) is 0 Å². The first-order chi connectivity index (χ1) is 15.3. The first-order valence-corrected chi connectivity index (χ1v) is 9.72. The normalized spacial score (nSPS) is 10.5. The molecule has 0 amide bonds. The van der Waals surface area contributed by atoms with Crippen molar-refractivity contribution < 1.29 is 0 Å². The average molecular weight is 397 g/mol. The lowest BCUT2D eigenvalue weighted by atomic mass is 9.95. The maximum absolute atomic E-state index is 10.1. The summed E-state index contributed by atoms with van der Waals surface area (Å²) in [4.78, 5) is 12.5. The summed E-state index contributed by atoms with van der Waals surface area (Å²) in [6, 6.07) is 27.6. The van der Waals surface area contributed by atoms with E-state index in [-0.39, 0.29) is 0 Å². The zero-order valence-electron chi connectivity index (χ0n) is 16.4. The number of H-pyrrole nitrogens is 1. The van der Waals surface area contributed by atoms with Gasteiger partial charge in [-0.25, -0.2) is 4.98 Å². The van der Waals surface area contributed by atoms with Crippen LogP contribution in [0.4, 0.5) is 0 Å². The molecule has 144 valence electrons. The molecule has 0 aliphatic heterocycles. The Labute approximate surface area is 178 Å². The van der Waals surface area contributed by atoms with Gasteiger partial charge in [0.25, 0.3) is 0 Å². The minimum absolute atomic E-state index is 0.484. The number of nitrogens with one attached hydrogen (secondary N) is 1. The number of nitrogens with zero attached hydrogens (tertiary/aromatic N) is 4. The van der Waals surface area contributed by atoms with E-state index in [9.17, 15) is 5.26 Å². The molecule has 5 nitrogen and oxygen atoms in total.